The second-order valence-electron chi connectivity index (χ2n) is 6.67. The van der Waals surface area contributed by atoms with Crippen LogP contribution in [-0.2, 0) is 14.8 Å². The van der Waals surface area contributed by atoms with E-state index in [2.05, 4.69) is 4.98 Å². The molecule has 1 saturated heterocycles. The van der Waals surface area contributed by atoms with Gasteiger partial charge in [-0.1, -0.05) is 6.42 Å². The Bertz CT molecular complexity index is 643. The van der Waals surface area contributed by atoms with Crippen LogP contribution in [0.25, 0.3) is 0 Å². The summed E-state index contributed by atoms with van der Waals surface area (Å²) in [7, 11) is -3.67. The van der Waals surface area contributed by atoms with Gasteiger partial charge in [0.25, 0.3) is 10.0 Å². The quantitative estimate of drug-likeness (QED) is 0.882. The third-order valence-corrected chi connectivity index (χ3v) is 6.70. The summed E-state index contributed by atoms with van der Waals surface area (Å²) >= 11 is 0. The molecule has 2 fully saturated rings. The third-order valence-electron chi connectivity index (χ3n) is 4.89. The first-order valence-electron chi connectivity index (χ1n) is 8.22. The Labute approximate surface area is 137 Å². The van der Waals surface area contributed by atoms with Crippen LogP contribution in [0.4, 0.5) is 0 Å². The summed E-state index contributed by atoms with van der Waals surface area (Å²) in [6, 6.07) is -0.154. The molecule has 2 heterocycles. The fourth-order valence-corrected chi connectivity index (χ4v) is 5.08. The zero-order valence-electron chi connectivity index (χ0n) is 13.6. The smallest absolute Gasteiger partial charge is 0.262 e. The van der Waals surface area contributed by atoms with E-state index in [1.165, 1.54) is 4.31 Å². The Morgan fingerprint density at radius 1 is 1.39 bits per heavy atom. The lowest BCUT2D eigenvalue weighted by Gasteiger charge is -2.38. The summed E-state index contributed by atoms with van der Waals surface area (Å²) < 4.78 is 34.8. The van der Waals surface area contributed by atoms with Crippen LogP contribution >= 0.6 is 0 Å². The highest BCUT2D eigenvalue weighted by atomic mass is 32.2. The lowest BCUT2D eigenvalue weighted by molar-refractivity contribution is -0.0148. The maximum Gasteiger partial charge on any atom is 0.262 e. The van der Waals surface area contributed by atoms with Gasteiger partial charge in [-0.05, 0) is 26.7 Å². The number of ether oxygens (including phenoxy) is 1. The van der Waals surface area contributed by atoms with E-state index in [1.807, 2.05) is 13.8 Å². The lowest BCUT2D eigenvalue weighted by Crippen LogP contribution is -2.53. The molecule has 1 saturated carbocycles. The van der Waals surface area contributed by atoms with Crippen molar-refractivity contribution in [3.63, 3.8) is 0 Å². The summed E-state index contributed by atoms with van der Waals surface area (Å²) in [5.74, 6) is -0.0581. The molecule has 3 rings (SSSR count). The van der Waals surface area contributed by atoms with E-state index in [-0.39, 0.29) is 23.0 Å². The number of nitrogens with zero attached hydrogens (tertiary/aromatic N) is 3. The summed E-state index contributed by atoms with van der Waals surface area (Å²) in [6.07, 6.45) is 5.18. The molecule has 0 radical (unpaired) electrons. The molecule has 7 nitrogen and oxygen atoms in total. The summed E-state index contributed by atoms with van der Waals surface area (Å²) in [6.45, 7) is 4.98. The number of sulfonamides is 1. The Balaban J connectivity index is 1.89. The minimum Gasteiger partial charge on any atom is -0.393 e. The first-order valence-corrected chi connectivity index (χ1v) is 9.66. The predicted molar refractivity (Wildman–Crippen MR) is 84.5 cm³/mol. The monoisotopic (exact) mass is 343 g/mol. The molecule has 130 valence electrons. The molecule has 1 aromatic rings. The first-order chi connectivity index (χ1) is 10.9. The molecule has 1 aromatic heterocycles. The van der Waals surface area contributed by atoms with E-state index in [0.717, 1.165) is 19.3 Å². The minimum atomic E-state index is -3.67. The molecule has 1 aliphatic heterocycles. The highest BCUT2D eigenvalue weighted by molar-refractivity contribution is 7.89. The normalized spacial score (nSPS) is 30.2. The SMILES string of the molecule is CC(C)n1cnc(S(=O)(=O)N2CCOC[C@@H]2[C@@H]2CCC[C@@H]2O)c1. The number of aliphatic hydroxyl groups is 1. The maximum absolute atomic E-state index is 13.0. The van der Waals surface area contributed by atoms with Gasteiger partial charge in [0.2, 0.25) is 0 Å². The third kappa shape index (κ3) is 3.17. The zero-order chi connectivity index (χ0) is 16.6. The van der Waals surface area contributed by atoms with E-state index < -0.39 is 16.1 Å². The first kappa shape index (κ1) is 16.9. The molecule has 3 atom stereocenters. The molecule has 1 N–H and O–H groups in total. The molecular formula is C15H25N3O4S. The van der Waals surface area contributed by atoms with Crippen LogP contribution in [0, 0.1) is 5.92 Å². The number of morpholine rings is 1. The topological polar surface area (TPSA) is 84.7 Å². The van der Waals surface area contributed by atoms with Crippen molar-refractivity contribution in [3.8, 4) is 0 Å². The Hall–Kier alpha value is -0.960. The number of rotatable bonds is 4. The van der Waals surface area contributed by atoms with E-state index >= 15 is 0 Å². The van der Waals surface area contributed by atoms with Gasteiger partial charge >= 0.3 is 0 Å². The van der Waals surface area contributed by atoms with Gasteiger partial charge in [-0.25, -0.2) is 13.4 Å². The molecule has 1 aliphatic carbocycles. The number of hydrogen-bond acceptors (Lipinski definition) is 5. The number of aliphatic hydroxyl groups excluding tert-OH is 1. The van der Waals surface area contributed by atoms with Gasteiger partial charge in [-0.15, -0.1) is 0 Å². The molecule has 0 unspecified atom stereocenters. The number of imidazole rings is 1. The molecule has 0 aromatic carbocycles. The number of hydrogen-bond donors (Lipinski definition) is 1. The minimum absolute atomic E-state index is 0.0581. The van der Waals surface area contributed by atoms with E-state index in [0.29, 0.717) is 19.8 Å². The van der Waals surface area contributed by atoms with Crippen molar-refractivity contribution in [2.24, 2.45) is 5.92 Å². The average Bonchev–Trinajstić information content (AvgIpc) is 3.16. The van der Waals surface area contributed by atoms with Gasteiger partial charge in [0, 0.05) is 24.7 Å². The van der Waals surface area contributed by atoms with Crippen LogP contribution in [0.2, 0.25) is 0 Å². The molecule has 2 aliphatic rings. The molecule has 0 bridgehead atoms. The molecule has 0 spiro atoms. The Kier molecular flexibility index (Phi) is 4.78. The van der Waals surface area contributed by atoms with Gasteiger partial charge in [0.1, 0.15) is 0 Å². The second-order valence-corrected chi connectivity index (χ2v) is 8.51. The molecule has 8 heteroatoms. The van der Waals surface area contributed by atoms with Crippen molar-refractivity contribution < 1.29 is 18.3 Å². The summed E-state index contributed by atoms with van der Waals surface area (Å²) in [5, 5.41) is 10.2. The van der Waals surface area contributed by atoms with Crippen molar-refractivity contribution in [1.82, 2.24) is 13.9 Å². The molecule has 0 amide bonds. The standard InChI is InChI=1S/C15H25N3O4S/c1-11(2)17-8-15(16-10-17)23(20,21)18-6-7-22-9-13(18)12-4-3-5-14(12)19/h8,10-14,19H,3-7,9H2,1-2H3/t12-,13+,14-/m0/s1. The Morgan fingerprint density at radius 3 is 2.78 bits per heavy atom. The van der Waals surface area contributed by atoms with Gasteiger partial charge in [0.15, 0.2) is 5.03 Å². The predicted octanol–water partition coefficient (Wildman–Crippen LogP) is 1.01. The van der Waals surface area contributed by atoms with Crippen LogP contribution in [-0.4, -0.2) is 59.3 Å². The van der Waals surface area contributed by atoms with Crippen LogP contribution < -0.4 is 0 Å². The fourth-order valence-electron chi connectivity index (χ4n) is 3.51. The van der Waals surface area contributed by atoms with Crippen molar-refractivity contribution >= 4 is 10.0 Å². The van der Waals surface area contributed by atoms with E-state index in [9.17, 15) is 13.5 Å². The van der Waals surface area contributed by atoms with Crippen LogP contribution in [0.1, 0.15) is 39.2 Å². The maximum atomic E-state index is 13.0. The summed E-state index contributed by atoms with van der Waals surface area (Å²) in [4.78, 5) is 4.09. The Morgan fingerprint density at radius 2 is 2.17 bits per heavy atom. The largest absolute Gasteiger partial charge is 0.393 e. The van der Waals surface area contributed by atoms with Crippen LogP contribution in [0.5, 0.6) is 0 Å². The van der Waals surface area contributed by atoms with Gasteiger partial charge in [-0.2, -0.15) is 4.31 Å². The average molecular weight is 343 g/mol. The highest BCUT2D eigenvalue weighted by Gasteiger charge is 2.43. The highest BCUT2D eigenvalue weighted by Crippen LogP contribution is 2.34. The van der Waals surface area contributed by atoms with Gasteiger partial charge in [-0.3, -0.25) is 0 Å². The zero-order valence-corrected chi connectivity index (χ0v) is 14.4. The lowest BCUT2D eigenvalue weighted by atomic mass is 9.96. The van der Waals surface area contributed by atoms with Crippen molar-refractivity contribution in [2.75, 3.05) is 19.8 Å². The van der Waals surface area contributed by atoms with Crippen LogP contribution in [0.15, 0.2) is 17.6 Å². The van der Waals surface area contributed by atoms with E-state index in [1.54, 1.807) is 17.1 Å². The second kappa shape index (κ2) is 6.51. The van der Waals surface area contributed by atoms with Crippen molar-refractivity contribution in [1.29, 1.82) is 0 Å². The molecular weight excluding hydrogens is 318 g/mol. The van der Waals surface area contributed by atoms with Gasteiger partial charge < -0.3 is 14.4 Å². The summed E-state index contributed by atoms with van der Waals surface area (Å²) in [5.41, 5.74) is 0. The van der Waals surface area contributed by atoms with Crippen molar-refractivity contribution in [3.05, 3.63) is 12.5 Å². The van der Waals surface area contributed by atoms with E-state index in [4.69, 9.17) is 4.74 Å². The van der Waals surface area contributed by atoms with Crippen LogP contribution in [0.3, 0.4) is 0 Å². The fraction of sp³-hybridized carbons (Fsp3) is 0.800. The van der Waals surface area contributed by atoms with Gasteiger partial charge in [0.05, 0.1) is 31.7 Å². The number of aromatic nitrogens is 2. The molecule has 23 heavy (non-hydrogen) atoms. The van der Waals surface area contributed by atoms with Crippen molar-refractivity contribution in [2.45, 2.75) is 56.3 Å².